The second-order valence-corrected chi connectivity index (χ2v) is 3.25. The predicted molar refractivity (Wildman–Crippen MR) is 52.3 cm³/mol. The molecule has 1 atom stereocenters. The summed E-state index contributed by atoms with van der Waals surface area (Å²) in [5.74, 6) is 0.0916. The molecule has 0 rings (SSSR count). The Bertz CT molecular complexity index is 128. The highest BCUT2D eigenvalue weighted by Gasteiger charge is 1.96. The smallest absolute Gasteiger partial charge is 0.219 e. The maximum absolute atomic E-state index is 10.7. The number of hydrogen-bond acceptors (Lipinski definition) is 3. The van der Waals surface area contributed by atoms with Gasteiger partial charge in [0.05, 0.1) is 5.44 Å². The van der Waals surface area contributed by atoms with Crippen LogP contribution in [0.4, 0.5) is 0 Å². The Balaban J connectivity index is 3.05. The normalized spacial score (nSPS) is 12.6. The second kappa shape index (κ2) is 7.43. The molecule has 12 heavy (non-hydrogen) atoms. The van der Waals surface area contributed by atoms with Crippen molar-refractivity contribution in [2.45, 2.75) is 32.1 Å². The Morgan fingerprint density at radius 3 is 2.83 bits per heavy atom. The van der Waals surface area contributed by atoms with Crippen molar-refractivity contribution in [3.8, 4) is 0 Å². The lowest BCUT2D eigenvalue weighted by Gasteiger charge is -2.06. The first-order valence-electron chi connectivity index (χ1n) is 4.23. The van der Waals surface area contributed by atoms with Crippen molar-refractivity contribution >= 4 is 18.5 Å². The molecule has 0 fully saturated rings. The van der Waals surface area contributed by atoms with E-state index in [0.29, 0.717) is 19.6 Å². The molecular weight excluding hydrogens is 174 g/mol. The molecule has 0 heterocycles. The fourth-order valence-electron chi connectivity index (χ4n) is 0.679. The molecule has 4 heteroatoms. The van der Waals surface area contributed by atoms with E-state index >= 15 is 0 Å². The van der Waals surface area contributed by atoms with Crippen molar-refractivity contribution in [1.29, 1.82) is 0 Å². The Labute approximate surface area is 79.3 Å². The van der Waals surface area contributed by atoms with Gasteiger partial charge in [-0.15, -0.1) is 12.6 Å². The number of ether oxygens (including phenoxy) is 1. The fourth-order valence-corrected chi connectivity index (χ4v) is 0.784. The monoisotopic (exact) mass is 191 g/mol. The summed E-state index contributed by atoms with van der Waals surface area (Å²) in [7, 11) is 0. The second-order valence-electron chi connectivity index (χ2n) is 2.53. The minimum atomic E-state index is -0.0214. The summed E-state index contributed by atoms with van der Waals surface area (Å²) < 4.78 is 5.17. The largest absolute Gasteiger partial charge is 0.368 e. The standard InChI is InChI=1S/C8H17NO2S/c1-3-8(10)9-5-4-6-11-7(2)12/h7,12H,3-6H2,1-2H3,(H,9,10). The van der Waals surface area contributed by atoms with Gasteiger partial charge in [0.2, 0.25) is 5.91 Å². The van der Waals surface area contributed by atoms with E-state index in [-0.39, 0.29) is 11.3 Å². The zero-order valence-corrected chi connectivity index (χ0v) is 8.56. The predicted octanol–water partition coefficient (Wildman–Crippen LogP) is 1.20. The Kier molecular flexibility index (Phi) is 7.29. The van der Waals surface area contributed by atoms with Crippen LogP contribution >= 0.6 is 12.6 Å². The van der Waals surface area contributed by atoms with Crippen molar-refractivity contribution in [2.24, 2.45) is 0 Å². The number of hydrogen-bond donors (Lipinski definition) is 2. The van der Waals surface area contributed by atoms with Gasteiger partial charge in [-0.25, -0.2) is 0 Å². The van der Waals surface area contributed by atoms with Gasteiger partial charge in [0.1, 0.15) is 0 Å². The number of carbonyl (C=O) groups excluding carboxylic acids is 1. The van der Waals surface area contributed by atoms with Crippen molar-refractivity contribution in [3.05, 3.63) is 0 Å². The Morgan fingerprint density at radius 1 is 1.67 bits per heavy atom. The molecule has 1 unspecified atom stereocenters. The van der Waals surface area contributed by atoms with Gasteiger partial charge in [0, 0.05) is 19.6 Å². The molecule has 0 aliphatic rings. The minimum absolute atomic E-state index is 0.0214. The summed E-state index contributed by atoms with van der Waals surface area (Å²) in [5.41, 5.74) is -0.0214. The molecule has 1 amide bonds. The highest BCUT2D eigenvalue weighted by molar-refractivity contribution is 7.80. The molecule has 0 aromatic heterocycles. The molecular formula is C8H17NO2S. The number of thiol groups is 1. The summed E-state index contributed by atoms with van der Waals surface area (Å²) in [6.45, 7) is 5.04. The van der Waals surface area contributed by atoms with Crippen LogP contribution < -0.4 is 5.32 Å². The lowest BCUT2D eigenvalue weighted by Crippen LogP contribution is -2.24. The molecule has 1 N–H and O–H groups in total. The van der Waals surface area contributed by atoms with Gasteiger partial charge in [0.25, 0.3) is 0 Å². The van der Waals surface area contributed by atoms with Crippen LogP contribution in [0, 0.1) is 0 Å². The highest BCUT2D eigenvalue weighted by atomic mass is 32.1. The van der Waals surface area contributed by atoms with E-state index in [1.54, 1.807) is 0 Å². The van der Waals surface area contributed by atoms with Crippen molar-refractivity contribution in [1.82, 2.24) is 5.32 Å². The summed E-state index contributed by atoms with van der Waals surface area (Å²) in [5, 5.41) is 2.76. The average Bonchev–Trinajstić information content (AvgIpc) is 2.03. The topological polar surface area (TPSA) is 38.3 Å². The van der Waals surface area contributed by atoms with Crippen LogP contribution in [0.1, 0.15) is 26.7 Å². The van der Waals surface area contributed by atoms with Gasteiger partial charge in [-0.2, -0.15) is 0 Å². The molecule has 0 radical (unpaired) electrons. The molecule has 72 valence electrons. The molecule has 3 nitrogen and oxygen atoms in total. The molecule has 0 spiro atoms. The highest BCUT2D eigenvalue weighted by Crippen LogP contribution is 1.94. The third kappa shape index (κ3) is 7.88. The fraction of sp³-hybridized carbons (Fsp3) is 0.875. The van der Waals surface area contributed by atoms with Gasteiger partial charge in [-0.05, 0) is 13.3 Å². The van der Waals surface area contributed by atoms with Gasteiger partial charge in [-0.3, -0.25) is 4.79 Å². The first kappa shape index (κ1) is 11.8. The lowest BCUT2D eigenvalue weighted by atomic mass is 10.4. The van der Waals surface area contributed by atoms with Gasteiger partial charge >= 0.3 is 0 Å². The Hall–Kier alpha value is -0.220. The molecule has 0 bridgehead atoms. The number of amides is 1. The van der Waals surface area contributed by atoms with E-state index < -0.39 is 0 Å². The average molecular weight is 191 g/mol. The van der Waals surface area contributed by atoms with Crippen LogP contribution in [-0.2, 0) is 9.53 Å². The lowest BCUT2D eigenvalue weighted by molar-refractivity contribution is -0.120. The SMILES string of the molecule is CCC(=O)NCCCOC(C)S. The van der Waals surface area contributed by atoms with Crippen molar-refractivity contribution < 1.29 is 9.53 Å². The van der Waals surface area contributed by atoms with E-state index in [4.69, 9.17) is 4.74 Å². The van der Waals surface area contributed by atoms with Gasteiger partial charge < -0.3 is 10.1 Å². The summed E-state index contributed by atoms with van der Waals surface area (Å²) in [4.78, 5) is 10.7. The van der Waals surface area contributed by atoms with Crippen molar-refractivity contribution in [2.75, 3.05) is 13.2 Å². The van der Waals surface area contributed by atoms with Crippen LogP contribution in [0.2, 0.25) is 0 Å². The molecule has 0 saturated heterocycles. The van der Waals surface area contributed by atoms with E-state index in [1.807, 2.05) is 13.8 Å². The maximum atomic E-state index is 10.7. The van der Waals surface area contributed by atoms with E-state index in [1.165, 1.54) is 0 Å². The molecule has 0 aliphatic carbocycles. The van der Waals surface area contributed by atoms with Crippen LogP contribution in [0.5, 0.6) is 0 Å². The van der Waals surface area contributed by atoms with Gasteiger partial charge in [-0.1, -0.05) is 6.92 Å². The summed E-state index contributed by atoms with van der Waals surface area (Å²) in [6, 6.07) is 0. The van der Waals surface area contributed by atoms with Crippen molar-refractivity contribution in [3.63, 3.8) is 0 Å². The van der Waals surface area contributed by atoms with Gasteiger partial charge in [0.15, 0.2) is 0 Å². The van der Waals surface area contributed by atoms with Crippen LogP contribution in [0.15, 0.2) is 0 Å². The zero-order chi connectivity index (χ0) is 9.40. The third-order valence-electron chi connectivity index (χ3n) is 1.32. The number of nitrogens with one attached hydrogen (secondary N) is 1. The number of carbonyl (C=O) groups is 1. The van der Waals surface area contributed by atoms with E-state index in [0.717, 1.165) is 6.42 Å². The number of rotatable bonds is 6. The Morgan fingerprint density at radius 2 is 2.33 bits per heavy atom. The van der Waals surface area contributed by atoms with E-state index in [9.17, 15) is 4.79 Å². The van der Waals surface area contributed by atoms with E-state index in [2.05, 4.69) is 17.9 Å². The maximum Gasteiger partial charge on any atom is 0.219 e. The first-order chi connectivity index (χ1) is 5.66. The quantitative estimate of drug-likeness (QED) is 0.376. The minimum Gasteiger partial charge on any atom is -0.368 e. The summed E-state index contributed by atoms with van der Waals surface area (Å²) >= 11 is 4.05. The summed E-state index contributed by atoms with van der Waals surface area (Å²) in [6.07, 6.45) is 1.39. The molecule has 0 aromatic carbocycles. The van der Waals surface area contributed by atoms with Crippen LogP contribution in [0.25, 0.3) is 0 Å². The molecule has 0 aliphatic heterocycles. The molecule has 0 saturated carbocycles. The zero-order valence-electron chi connectivity index (χ0n) is 7.67. The van der Waals surface area contributed by atoms with Crippen LogP contribution in [0.3, 0.4) is 0 Å². The third-order valence-corrected chi connectivity index (χ3v) is 1.47. The van der Waals surface area contributed by atoms with Crippen LogP contribution in [-0.4, -0.2) is 24.5 Å². The first-order valence-corrected chi connectivity index (χ1v) is 4.74. The molecule has 0 aromatic rings.